The molecule has 3 aromatic carbocycles. The van der Waals surface area contributed by atoms with Crippen LogP contribution in [0, 0.1) is 20.8 Å². The van der Waals surface area contributed by atoms with Crippen LogP contribution in [-0.2, 0) is 0 Å². The van der Waals surface area contributed by atoms with Gasteiger partial charge in [-0.15, -0.1) is 0 Å². The molecule has 0 fully saturated rings. The normalized spacial score (nSPS) is 11.0. The van der Waals surface area contributed by atoms with Gasteiger partial charge in [0.2, 0.25) is 0 Å². The number of hydrogen-bond acceptors (Lipinski definition) is 1. The molecule has 0 atom stereocenters. The number of rotatable bonds is 2. The second kappa shape index (κ2) is 6.18. The van der Waals surface area contributed by atoms with Crippen molar-refractivity contribution in [2.75, 3.05) is 0 Å². The average molecular weight is 323 g/mol. The van der Waals surface area contributed by atoms with Crippen molar-refractivity contribution >= 4 is 10.8 Å². The largest absolute Gasteiger partial charge is 0.256 e. The Labute approximate surface area is 149 Å². The van der Waals surface area contributed by atoms with E-state index in [1.165, 1.54) is 38.6 Å². The summed E-state index contributed by atoms with van der Waals surface area (Å²) in [6.07, 6.45) is 1.90. The predicted octanol–water partition coefficient (Wildman–Crippen LogP) is 6.49. The van der Waals surface area contributed by atoms with Gasteiger partial charge in [0, 0.05) is 17.1 Å². The Bertz CT molecular complexity index is 1040. The number of hydrogen-bond donors (Lipinski definition) is 0. The van der Waals surface area contributed by atoms with Crippen molar-refractivity contribution in [3.8, 4) is 22.4 Å². The topological polar surface area (TPSA) is 12.9 Å². The van der Waals surface area contributed by atoms with Crippen molar-refractivity contribution in [2.45, 2.75) is 20.8 Å². The van der Waals surface area contributed by atoms with Crippen LogP contribution in [0.1, 0.15) is 16.7 Å². The van der Waals surface area contributed by atoms with Crippen LogP contribution in [0.3, 0.4) is 0 Å². The molecule has 4 aromatic rings. The lowest BCUT2D eigenvalue weighted by Crippen LogP contribution is -1.89. The fraction of sp³-hybridized carbons (Fsp3) is 0.125. The summed E-state index contributed by atoms with van der Waals surface area (Å²) < 4.78 is 0. The van der Waals surface area contributed by atoms with Crippen molar-refractivity contribution in [3.05, 3.63) is 89.6 Å². The molecule has 0 N–H and O–H groups in total. The summed E-state index contributed by atoms with van der Waals surface area (Å²) in [5.41, 5.74) is 8.68. The van der Waals surface area contributed by atoms with Gasteiger partial charge in [-0.05, 0) is 60.5 Å². The van der Waals surface area contributed by atoms with Crippen LogP contribution in [-0.4, -0.2) is 4.98 Å². The third-order valence-corrected chi connectivity index (χ3v) is 4.85. The minimum atomic E-state index is 1.05. The van der Waals surface area contributed by atoms with Crippen molar-refractivity contribution in [2.24, 2.45) is 0 Å². The standard InChI is InChI=1S/C24H21N/c1-16-7-8-19-13-14-25-24(22(19)15-16)21-11-9-20(10-12-21)23-17(2)5-4-6-18(23)3/h4-15H,1-3H3. The first-order valence-corrected chi connectivity index (χ1v) is 8.66. The quantitative estimate of drug-likeness (QED) is 0.410. The lowest BCUT2D eigenvalue weighted by molar-refractivity contribution is 1.35. The molecule has 1 aromatic heterocycles. The molecular formula is C24H21N. The van der Waals surface area contributed by atoms with E-state index in [4.69, 9.17) is 0 Å². The smallest absolute Gasteiger partial charge is 0.0780 e. The van der Waals surface area contributed by atoms with Gasteiger partial charge in [0.25, 0.3) is 0 Å². The van der Waals surface area contributed by atoms with Crippen LogP contribution in [0.25, 0.3) is 33.2 Å². The summed E-state index contributed by atoms with van der Waals surface area (Å²) in [6.45, 7) is 6.47. The zero-order valence-electron chi connectivity index (χ0n) is 14.9. The Morgan fingerprint density at radius 2 is 1.36 bits per heavy atom. The molecule has 0 amide bonds. The van der Waals surface area contributed by atoms with E-state index in [0.717, 1.165) is 11.3 Å². The highest BCUT2D eigenvalue weighted by molar-refractivity contribution is 5.95. The molecule has 0 radical (unpaired) electrons. The molecule has 4 rings (SSSR count). The summed E-state index contributed by atoms with van der Waals surface area (Å²) in [5.74, 6) is 0. The molecule has 0 bridgehead atoms. The average Bonchev–Trinajstić information content (AvgIpc) is 2.62. The molecule has 0 spiro atoms. The molecule has 1 heteroatoms. The summed E-state index contributed by atoms with van der Waals surface area (Å²) in [5, 5.41) is 2.44. The van der Waals surface area contributed by atoms with E-state index in [0.29, 0.717) is 0 Å². The Morgan fingerprint density at radius 3 is 2.08 bits per heavy atom. The first kappa shape index (κ1) is 15.6. The van der Waals surface area contributed by atoms with E-state index in [9.17, 15) is 0 Å². The van der Waals surface area contributed by atoms with E-state index in [1.807, 2.05) is 6.20 Å². The van der Waals surface area contributed by atoms with Crippen molar-refractivity contribution in [1.82, 2.24) is 4.98 Å². The van der Waals surface area contributed by atoms with Gasteiger partial charge in [0.05, 0.1) is 5.69 Å². The maximum atomic E-state index is 4.66. The van der Waals surface area contributed by atoms with Crippen molar-refractivity contribution in [3.63, 3.8) is 0 Å². The van der Waals surface area contributed by atoms with Gasteiger partial charge in [0.15, 0.2) is 0 Å². The maximum absolute atomic E-state index is 4.66. The lowest BCUT2D eigenvalue weighted by Gasteiger charge is -2.11. The molecule has 0 aliphatic rings. The van der Waals surface area contributed by atoms with Gasteiger partial charge in [0.1, 0.15) is 0 Å². The van der Waals surface area contributed by atoms with E-state index >= 15 is 0 Å². The molecule has 1 nitrogen and oxygen atoms in total. The maximum Gasteiger partial charge on any atom is 0.0780 e. The Morgan fingerprint density at radius 1 is 0.680 bits per heavy atom. The number of aryl methyl sites for hydroxylation is 3. The minimum absolute atomic E-state index is 1.05. The van der Waals surface area contributed by atoms with Crippen molar-refractivity contribution < 1.29 is 0 Å². The van der Waals surface area contributed by atoms with Gasteiger partial charge < -0.3 is 0 Å². The third kappa shape index (κ3) is 2.83. The monoisotopic (exact) mass is 323 g/mol. The number of fused-ring (bicyclic) bond motifs is 1. The third-order valence-electron chi connectivity index (χ3n) is 4.85. The summed E-state index contributed by atoms with van der Waals surface area (Å²) >= 11 is 0. The van der Waals surface area contributed by atoms with Gasteiger partial charge >= 0.3 is 0 Å². The lowest BCUT2D eigenvalue weighted by atomic mass is 9.94. The summed E-state index contributed by atoms with van der Waals surface area (Å²) in [4.78, 5) is 4.66. The SMILES string of the molecule is Cc1ccc2ccnc(-c3ccc(-c4c(C)cccc4C)cc3)c2c1. The second-order valence-corrected chi connectivity index (χ2v) is 6.73. The Balaban J connectivity index is 1.83. The van der Waals surface area contributed by atoms with Gasteiger partial charge in [-0.2, -0.15) is 0 Å². The zero-order chi connectivity index (χ0) is 17.4. The molecule has 25 heavy (non-hydrogen) atoms. The first-order chi connectivity index (χ1) is 12.1. The Kier molecular flexibility index (Phi) is 3.85. The van der Waals surface area contributed by atoms with E-state index in [1.54, 1.807) is 0 Å². The molecule has 0 saturated heterocycles. The van der Waals surface area contributed by atoms with E-state index in [2.05, 4.69) is 92.5 Å². The number of aromatic nitrogens is 1. The minimum Gasteiger partial charge on any atom is -0.256 e. The van der Waals surface area contributed by atoms with Crippen LogP contribution >= 0.6 is 0 Å². The summed E-state index contributed by atoms with van der Waals surface area (Å²) in [6, 6.07) is 23.9. The molecule has 0 saturated carbocycles. The predicted molar refractivity (Wildman–Crippen MR) is 107 cm³/mol. The number of pyridine rings is 1. The van der Waals surface area contributed by atoms with Crippen LogP contribution < -0.4 is 0 Å². The molecule has 1 heterocycles. The van der Waals surface area contributed by atoms with Gasteiger partial charge in [-0.25, -0.2) is 0 Å². The van der Waals surface area contributed by atoms with E-state index < -0.39 is 0 Å². The highest BCUT2D eigenvalue weighted by Gasteiger charge is 2.08. The summed E-state index contributed by atoms with van der Waals surface area (Å²) in [7, 11) is 0. The highest BCUT2D eigenvalue weighted by Crippen LogP contribution is 2.31. The van der Waals surface area contributed by atoms with Crippen LogP contribution in [0.5, 0.6) is 0 Å². The first-order valence-electron chi connectivity index (χ1n) is 8.66. The molecule has 0 aliphatic heterocycles. The number of benzene rings is 3. The van der Waals surface area contributed by atoms with Gasteiger partial charge in [-0.1, -0.05) is 60.2 Å². The number of nitrogens with zero attached hydrogens (tertiary/aromatic N) is 1. The molecular weight excluding hydrogens is 302 g/mol. The van der Waals surface area contributed by atoms with Crippen LogP contribution in [0.2, 0.25) is 0 Å². The second-order valence-electron chi connectivity index (χ2n) is 6.73. The highest BCUT2D eigenvalue weighted by atomic mass is 14.7. The van der Waals surface area contributed by atoms with E-state index in [-0.39, 0.29) is 0 Å². The molecule has 0 aliphatic carbocycles. The van der Waals surface area contributed by atoms with Crippen LogP contribution in [0.4, 0.5) is 0 Å². The Hall–Kier alpha value is -2.93. The molecule has 0 unspecified atom stereocenters. The zero-order valence-corrected chi connectivity index (χ0v) is 14.9. The van der Waals surface area contributed by atoms with Crippen molar-refractivity contribution in [1.29, 1.82) is 0 Å². The van der Waals surface area contributed by atoms with Crippen LogP contribution in [0.15, 0.2) is 72.9 Å². The fourth-order valence-electron chi connectivity index (χ4n) is 3.58. The molecule has 122 valence electrons. The van der Waals surface area contributed by atoms with Gasteiger partial charge in [-0.3, -0.25) is 4.98 Å². The fourth-order valence-corrected chi connectivity index (χ4v) is 3.58.